The van der Waals surface area contributed by atoms with Crippen LogP contribution in [0.3, 0.4) is 0 Å². The van der Waals surface area contributed by atoms with Gasteiger partial charge in [0.25, 0.3) is 0 Å². The number of alkyl carbamates (subject to hydrolysis) is 1. The van der Waals surface area contributed by atoms with Crippen LogP contribution in [0.5, 0.6) is 0 Å². The topological polar surface area (TPSA) is 95.9 Å². The highest BCUT2D eigenvalue weighted by Crippen LogP contribution is 2.44. The van der Waals surface area contributed by atoms with Crippen molar-refractivity contribution in [3.63, 3.8) is 0 Å². The van der Waals surface area contributed by atoms with Crippen molar-refractivity contribution in [3.05, 3.63) is 59.7 Å². The van der Waals surface area contributed by atoms with E-state index in [1.165, 1.54) is 0 Å². The van der Waals surface area contributed by atoms with Gasteiger partial charge in [-0.1, -0.05) is 48.5 Å². The highest BCUT2D eigenvalue weighted by Gasteiger charge is 2.31. The lowest BCUT2D eigenvalue weighted by atomic mass is 9.98. The second kappa shape index (κ2) is 8.57. The van der Waals surface area contributed by atoms with E-state index >= 15 is 0 Å². The van der Waals surface area contributed by atoms with Crippen molar-refractivity contribution >= 4 is 18.0 Å². The molecule has 7 nitrogen and oxygen atoms in total. The van der Waals surface area contributed by atoms with E-state index in [0.717, 1.165) is 35.1 Å². The number of rotatable bonds is 6. The maximum absolute atomic E-state index is 12.3. The number of ether oxygens (including phenoxy) is 1. The molecule has 0 unspecified atom stereocenters. The van der Waals surface area contributed by atoms with Gasteiger partial charge in [-0.2, -0.15) is 0 Å². The third-order valence-electron chi connectivity index (χ3n) is 5.77. The molecular weight excluding hydrogens is 384 g/mol. The SMILES string of the molecule is O=C(N[C@@H](CC(=O)N1CCCC1)C(=O)O)OCC1c2ccccc2-c2ccccc21. The van der Waals surface area contributed by atoms with Crippen LogP contribution in [0.2, 0.25) is 0 Å². The average molecular weight is 408 g/mol. The number of carboxylic acids is 1. The number of carbonyl (C=O) groups is 3. The van der Waals surface area contributed by atoms with E-state index in [-0.39, 0.29) is 24.9 Å². The number of carbonyl (C=O) groups excluding carboxylic acids is 2. The highest BCUT2D eigenvalue weighted by molar-refractivity contribution is 5.87. The average Bonchev–Trinajstić information content (AvgIpc) is 3.39. The number of carboxylic acid groups (broad SMARTS) is 1. The Labute approximate surface area is 174 Å². The number of nitrogens with zero attached hydrogens (tertiary/aromatic N) is 1. The van der Waals surface area contributed by atoms with Gasteiger partial charge in [-0.25, -0.2) is 9.59 Å². The Morgan fingerprint density at radius 1 is 1.00 bits per heavy atom. The van der Waals surface area contributed by atoms with Crippen LogP contribution in [0, 0.1) is 0 Å². The zero-order chi connectivity index (χ0) is 21.1. The van der Waals surface area contributed by atoms with Gasteiger partial charge in [0.1, 0.15) is 12.6 Å². The summed E-state index contributed by atoms with van der Waals surface area (Å²) in [4.78, 5) is 37.7. The van der Waals surface area contributed by atoms with Crippen molar-refractivity contribution in [3.8, 4) is 11.1 Å². The summed E-state index contributed by atoms with van der Waals surface area (Å²) in [5, 5.41) is 11.7. The van der Waals surface area contributed by atoms with Crippen LogP contribution in [0.1, 0.15) is 36.3 Å². The second-order valence-electron chi connectivity index (χ2n) is 7.65. The van der Waals surface area contributed by atoms with E-state index in [1.54, 1.807) is 4.90 Å². The summed E-state index contributed by atoms with van der Waals surface area (Å²) in [6, 6.07) is 14.6. The second-order valence-corrected chi connectivity index (χ2v) is 7.65. The van der Waals surface area contributed by atoms with E-state index in [0.29, 0.717) is 13.1 Å². The van der Waals surface area contributed by atoms with Gasteiger partial charge in [-0.15, -0.1) is 0 Å². The van der Waals surface area contributed by atoms with Crippen molar-refractivity contribution in [2.75, 3.05) is 19.7 Å². The normalized spacial score (nSPS) is 15.9. The molecule has 156 valence electrons. The summed E-state index contributed by atoms with van der Waals surface area (Å²) >= 11 is 0. The van der Waals surface area contributed by atoms with Gasteiger partial charge in [0.15, 0.2) is 0 Å². The minimum Gasteiger partial charge on any atom is -0.480 e. The first-order chi connectivity index (χ1) is 14.5. The fourth-order valence-electron chi connectivity index (χ4n) is 4.25. The van der Waals surface area contributed by atoms with Crippen LogP contribution in [0.25, 0.3) is 11.1 Å². The molecule has 2 aromatic rings. The number of aliphatic carboxylic acids is 1. The highest BCUT2D eigenvalue weighted by atomic mass is 16.5. The lowest BCUT2D eigenvalue weighted by Crippen LogP contribution is -2.45. The number of fused-ring (bicyclic) bond motifs is 3. The van der Waals surface area contributed by atoms with Crippen LogP contribution in [-0.2, 0) is 14.3 Å². The number of hydrogen-bond donors (Lipinski definition) is 2. The summed E-state index contributed by atoms with van der Waals surface area (Å²) in [7, 11) is 0. The number of amides is 2. The Morgan fingerprint density at radius 2 is 1.57 bits per heavy atom. The third-order valence-corrected chi connectivity index (χ3v) is 5.77. The van der Waals surface area contributed by atoms with Crippen molar-refractivity contribution in [1.82, 2.24) is 10.2 Å². The molecule has 1 aliphatic heterocycles. The van der Waals surface area contributed by atoms with Crippen LogP contribution in [-0.4, -0.2) is 53.7 Å². The van der Waals surface area contributed by atoms with Crippen LogP contribution in [0.4, 0.5) is 4.79 Å². The maximum atomic E-state index is 12.3. The molecule has 0 spiro atoms. The van der Waals surface area contributed by atoms with Crippen molar-refractivity contribution in [2.24, 2.45) is 0 Å². The zero-order valence-electron chi connectivity index (χ0n) is 16.5. The molecule has 0 aromatic heterocycles. The lowest BCUT2D eigenvalue weighted by Gasteiger charge is -2.20. The van der Waals surface area contributed by atoms with Crippen LogP contribution < -0.4 is 5.32 Å². The molecule has 0 radical (unpaired) electrons. The van der Waals surface area contributed by atoms with E-state index in [1.807, 2.05) is 48.5 Å². The van der Waals surface area contributed by atoms with Gasteiger partial charge in [0.2, 0.25) is 5.91 Å². The predicted octanol–water partition coefficient (Wildman–Crippen LogP) is 2.99. The fraction of sp³-hybridized carbons (Fsp3) is 0.348. The molecule has 1 heterocycles. The summed E-state index contributed by atoms with van der Waals surface area (Å²) in [6.07, 6.45) is 0.727. The van der Waals surface area contributed by atoms with Crippen molar-refractivity contribution < 1.29 is 24.2 Å². The smallest absolute Gasteiger partial charge is 0.407 e. The van der Waals surface area contributed by atoms with Gasteiger partial charge in [-0.05, 0) is 35.1 Å². The molecular formula is C23H24N2O5. The molecule has 1 saturated heterocycles. The fourth-order valence-corrected chi connectivity index (χ4v) is 4.25. The molecule has 30 heavy (non-hydrogen) atoms. The van der Waals surface area contributed by atoms with E-state index in [4.69, 9.17) is 4.74 Å². The molecule has 7 heteroatoms. The van der Waals surface area contributed by atoms with Gasteiger partial charge in [0, 0.05) is 19.0 Å². The molecule has 1 aliphatic carbocycles. The van der Waals surface area contributed by atoms with Gasteiger partial charge < -0.3 is 20.1 Å². The Hall–Kier alpha value is -3.35. The molecule has 2 amide bonds. The monoisotopic (exact) mass is 408 g/mol. The standard InChI is InChI=1S/C23H24N2O5/c26-21(25-11-5-6-12-25)13-20(22(27)28)24-23(29)30-14-19-17-9-3-1-7-15(17)16-8-2-4-10-18(16)19/h1-4,7-10,19-20H,5-6,11-14H2,(H,24,29)(H,27,28)/t20-/m0/s1. The number of nitrogens with one attached hydrogen (secondary N) is 1. The van der Waals surface area contributed by atoms with Crippen molar-refractivity contribution in [1.29, 1.82) is 0 Å². The first-order valence-electron chi connectivity index (χ1n) is 10.2. The Morgan fingerprint density at radius 3 is 2.13 bits per heavy atom. The molecule has 0 bridgehead atoms. The van der Waals surface area contributed by atoms with Gasteiger partial charge >= 0.3 is 12.1 Å². The first kappa shape index (κ1) is 19.9. The van der Waals surface area contributed by atoms with E-state index < -0.39 is 18.1 Å². The molecule has 1 fully saturated rings. The number of likely N-dealkylation sites (tertiary alicyclic amines) is 1. The van der Waals surface area contributed by atoms with Crippen LogP contribution >= 0.6 is 0 Å². The minimum atomic E-state index is -1.31. The van der Waals surface area contributed by atoms with Crippen molar-refractivity contribution in [2.45, 2.75) is 31.2 Å². The quantitative estimate of drug-likeness (QED) is 0.766. The van der Waals surface area contributed by atoms with Crippen LogP contribution in [0.15, 0.2) is 48.5 Å². The Bertz CT molecular complexity index is 922. The summed E-state index contributed by atoms with van der Waals surface area (Å²) < 4.78 is 5.39. The maximum Gasteiger partial charge on any atom is 0.407 e. The largest absolute Gasteiger partial charge is 0.480 e. The third kappa shape index (κ3) is 4.01. The van der Waals surface area contributed by atoms with Gasteiger partial charge in [0.05, 0.1) is 6.42 Å². The van der Waals surface area contributed by atoms with Gasteiger partial charge in [-0.3, -0.25) is 4.79 Å². The first-order valence-corrected chi connectivity index (χ1v) is 10.2. The number of benzene rings is 2. The van der Waals surface area contributed by atoms with E-state index in [2.05, 4.69) is 5.32 Å². The lowest BCUT2D eigenvalue weighted by molar-refractivity contribution is -0.143. The Balaban J connectivity index is 1.39. The molecule has 2 aromatic carbocycles. The molecule has 0 saturated carbocycles. The predicted molar refractivity (Wildman–Crippen MR) is 110 cm³/mol. The Kier molecular flexibility index (Phi) is 5.70. The summed E-state index contributed by atoms with van der Waals surface area (Å²) in [5.74, 6) is -1.63. The number of hydrogen-bond acceptors (Lipinski definition) is 4. The molecule has 4 rings (SSSR count). The zero-order valence-corrected chi connectivity index (χ0v) is 16.5. The molecule has 2 aliphatic rings. The summed E-state index contributed by atoms with van der Waals surface area (Å²) in [5.41, 5.74) is 4.37. The molecule has 1 atom stereocenters. The minimum absolute atomic E-state index is 0.0896. The molecule has 2 N–H and O–H groups in total. The summed E-state index contributed by atoms with van der Waals surface area (Å²) in [6.45, 7) is 1.36. The van der Waals surface area contributed by atoms with E-state index in [9.17, 15) is 19.5 Å².